The van der Waals surface area contributed by atoms with Crippen molar-refractivity contribution in [3.8, 4) is 0 Å². The van der Waals surface area contributed by atoms with Crippen molar-refractivity contribution in [2.45, 2.75) is 44.7 Å². The second-order valence-electron chi connectivity index (χ2n) is 5.79. The van der Waals surface area contributed by atoms with E-state index in [0.717, 1.165) is 12.8 Å². The van der Waals surface area contributed by atoms with Gasteiger partial charge in [-0.3, -0.25) is 14.4 Å². The molecule has 2 aliphatic rings. The number of β-lactam (4-membered cyclic amide) rings is 1. The summed E-state index contributed by atoms with van der Waals surface area (Å²) >= 11 is 0. The minimum Gasteiger partial charge on any atom is -0.394 e. The predicted octanol–water partition coefficient (Wildman–Crippen LogP) is -0.697. The molecule has 1 aliphatic carbocycles. The topological polar surface area (TPSA) is 113 Å². The molecule has 0 bridgehead atoms. The molecule has 1 spiro atoms. The molecule has 1 atom stereocenters. The molecule has 2 fully saturated rings. The molecule has 7 nitrogen and oxygen atoms in total. The Morgan fingerprint density at radius 2 is 1.96 bits per heavy atom. The Labute approximate surface area is 167 Å². The van der Waals surface area contributed by atoms with Crippen LogP contribution >= 0.6 is 13.5 Å². The smallest absolute Gasteiger partial charge is 0.242 e. The predicted molar refractivity (Wildman–Crippen MR) is 87.1 cm³/mol. The Morgan fingerprint density at radius 3 is 2.30 bits per heavy atom. The Balaban J connectivity index is 0. The maximum Gasteiger partial charge on any atom is 0.242 e. The summed E-state index contributed by atoms with van der Waals surface area (Å²) in [5.41, 5.74) is 4.76. The number of carbonyl (C=O) groups excluding carboxylic acids is 3. The average molecular weight is 570 g/mol. The zero-order valence-corrected chi connectivity index (χ0v) is 18.8. The summed E-state index contributed by atoms with van der Waals surface area (Å²) < 4.78 is 0. The molecule has 1 heterocycles. The molecule has 132 valence electrons. The summed E-state index contributed by atoms with van der Waals surface area (Å²) in [7, 11) is 0. The minimum atomic E-state index is -0.916. The molecule has 0 aromatic heterocycles. The molecular weight excluding hydrogens is 544 g/mol. The standard InChI is InChI=1S/C13H21N3O4.CH3.H2S.U/c1-8(18)15-9-2-4-13(5-3-9)7-16(12(13)20)10(6-17)11(14)19;;;/h9-10,17H,2-7H2,1H3,(H2,14,19)(H,15,18);1H3;1H2;/q;-1;;/t9?,10-,13?;;;/m0.../s1. The van der Waals surface area contributed by atoms with Crippen LogP contribution in [0.1, 0.15) is 32.6 Å². The van der Waals surface area contributed by atoms with E-state index in [2.05, 4.69) is 5.32 Å². The van der Waals surface area contributed by atoms with Gasteiger partial charge in [0.15, 0.2) is 0 Å². The fourth-order valence-corrected chi connectivity index (χ4v) is 3.25. The number of amides is 3. The van der Waals surface area contributed by atoms with Crippen molar-refractivity contribution in [1.29, 1.82) is 0 Å². The zero-order valence-electron chi connectivity index (χ0n) is 13.6. The number of likely N-dealkylation sites (tertiary alicyclic amines) is 1. The van der Waals surface area contributed by atoms with E-state index in [1.54, 1.807) is 0 Å². The number of hydrogen-bond donors (Lipinski definition) is 3. The van der Waals surface area contributed by atoms with Gasteiger partial charge in [-0.2, -0.15) is 13.5 Å². The van der Waals surface area contributed by atoms with Crippen molar-refractivity contribution in [2.24, 2.45) is 11.1 Å². The second kappa shape index (κ2) is 9.92. The number of nitrogens with two attached hydrogens (primary N) is 1. The van der Waals surface area contributed by atoms with Crippen LogP contribution in [0.25, 0.3) is 0 Å². The first kappa shape index (κ1) is 25.0. The van der Waals surface area contributed by atoms with Gasteiger partial charge in [-0.1, -0.05) is 0 Å². The molecule has 9 heteroatoms. The SMILES string of the molecule is CC(=O)NC1CCC2(CC1)CN([C@@H](CO)C(N)=O)C2=O.S.[CH3-].[U]. The quantitative estimate of drug-likeness (QED) is 0.307. The van der Waals surface area contributed by atoms with Gasteiger partial charge < -0.3 is 28.5 Å². The van der Waals surface area contributed by atoms with E-state index in [0.29, 0.717) is 19.4 Å². The number of primary amides is 1. The normalized spacial score (nSPS) is 26.8. The van der Waals surface area contributed by atoms with Crippen LogP contribution in [0.3, 0.4) is 0 Å². The number of nitrogens with zero attached hydrogens (tertiary/aromatic N) is 1. The molecule has 2 rings (SSSR count). The van der Waals surface area contributed by atoms with E-state index < -0.39 is 24.0 Å². The van der Waals surface area contributed by atoms with Gasteiger partial charge in [0, 0.05) is 50.6 Å². The van der Waals surface area contributed by atoms with E-state index in [1.807, 2.05) is 0 Å². The fourth-order valence-electron chi connectivity index (χ4n) is 3.25. The average Bonchev–Trinajstić information content (AvgIpc) is 2.39. The van der Waals surface area contributed by atoms with Crippen LogP contribution in [-0.4, -0.2) is 53.0 Å². The van der Waals surface area contributed by atoms with Crippen molar-refractivity contribution < 1.29 is 50.6 Å². The summed E-state index contributed by atoms with van der Waals surface area (Å²) in [5.74, 6) is -0.833. The van der Waals surface area contributed by atoms with Crippen LogP contribution < -0.4 is 11.1 Å². The van der Waals surface area contributed by atoms with Crippen molar-refractivity contribution in [3.63, 3.8) is 0 Å². The van der Waals surface area contributed by atoms with Gasteiger partial charge in [-0.25, -0.2) is 0 Å². The number of aliphatic hydroxyl groups excluding tert-OH is 1. The molecule has 0 aromatic rings. The molecule has 1 aliphatic heterocycles. The molecule has 3 amide bonds. The van der Waals surface area contributed by atoms with Crippen LogP contribution in [0, 0.1) is 44.0 Å². The van der Waals surface area contributed by atoms with Crippen molar-refractivity contribution in [2.75, 3.05) is 13.2 Å². The molecule has 4 N–H and O–H groups in total. The summed E-state index contributed by atoms with van der Waals surface area (Å²) in [5, 5.41) is 12.0. The summed E-state index contributed by atoms with van der Waals surface area (Å²) in [6, 6.07) is -0.786. The molecular formula is C14H26N3O4SU-. The van der Waals surface area contributed by atoms with Gasteiger partial charge in [0.2, 0.25) is 17.7 Å². The van der Waals surface area contributed by atoms with Crippen molar-refractivity contribution in [1.82, 2.24) is 10.2 Å². The monoisotopic (exact) mass is 570 g/mol. The maximum absolute atomic E-state index is 12.3. The maximum atomic E-state index is 12.3. The first-order valence-corrected chi connectivity index (χ1v) is 6.88. The van der Waals surface area contributed by atoms with E-state index >= 15 is 0 Å². The molecule has 23 heavy (non-hydrogen) atoms. The molecule has 1 saturated heterocycles. The number of aliphatic hydroxyl groups is 1. The fraction of sp³-hybridized carbons (Fsp3) is 0.714. The van der Waals surface area contributed by atoms with Gasteiger partial charge in [-0.15, -0.1) is 0 Å². The summed E-state index contributed by atoms with van der Waals surface area (Å²) in [4.78, 5) is 35.8. The molecule has 0 radical (unpaired) electrons. The van der Waals surface area contributed by atoms with Crippen LogP contribution in [-0.2, 0) is 14.4 Å². The van der Waals surface area contributed by atoms with Gasteiger partial charge in [0.25, 0.3) is 0 Å². The van der Waals surface area contributed by atoms with Crippen LogP contribution in [0.2, 0.25) is 0 Å². The Kier molecular flexibility index (Phi) is 10.8. The third kappa shape index (κ3) is 5.12. The molecule has 1 saturated carbocycles. The van der Waals surface area contributed by atoms with Crippen LogP contribution in [0.15, 0.2) is 0 Å². The first-order valence-electron chi connectivity index (χ1n) is 6.88. The van der Waals surface area contributed by atoms with E-state index in [1.165, 1.54) is 11.8 Å². The Morgan fingerprint density at radius 1 is 1.43 bits per heavy atom. The number of rotatable bonds is 4. The summed E-state index contributed by atoms with van der Waals surface area (Å²) in [6.07, 6.45) is 2.92. The van der Waals surface area contributed by atoms with Gasteiger partial charge in [0.05, 0.1) is 12.0 Å². The van der Waals surface area contributed by atoms with Gasteiger partial charge in [0.1, 0.15) is 6.04 Å². The molecule has 0 aromatic carbocycles. The third-order valence-corrected chi connectivity index (χ3v) is 4.42. The van der Waals surface area contributed by atoms with Gasteiger partial charge >= 0.3 is 0 Å². The number of carbonyl (C=O) groups is 3. The number of nitrogens with one attached hydrogen (secondary N) is 1. The summed E-state index contributed by atoms with van der Waals surface area (Å²) in [6.45, 7) is 1.51. The Bertz CT molecular complexity index is 442. The Hall–Kier alpha value is -0.228. The van der Waals surface area contributed by atoms with E-state index in [9.17, 15) is 14.4 Å². The second-order valence-corrected chi connectivity index (χ2v) is 5.79. The van der Waals surface area contributed by atoms with Crippen molar-refractivity contribution in [3.05, 3.63) is 7.43 Å². The van der Waals surface area contributed by atoms with Crippen LogP contribution in [0.4, 0.5) is 0 Å². The third-order valence-electron chi connectivity index (χ3n) is 4.42. The number of hydrogen-bond acceptors (Lipinski definition) is 4. The van der Waals surface area contributed by atoms with Crippen LogP contribution in [0.5, 0.6) is 0 Å². The first-order chi connectivity index (χ1) is 9.39. The van der Waals surface area contributed by atoms with Gasteiger partial charge in [-0.05, 0) is 25.7 Å². The van der Waals surface area contributed by atoms with E-state index in [4.69, 9.17) is 10.8 Å². The minimum absolute atomic E-state index is 0. The van der Waals surface area contributed by atoms with E-state index in [-0.39, 0.29) is 69.9 Å². The molecule has 0 unspecified atom stereocenters. The zero-order chi connectivity index (χ0) is 14.9. The van der Waals surface area contributed by atoms with Crippen molar-refractivity contribution >= 4 is 31.2 Å². The largest absolute Gasteiger partial charge is 0.394 e.